The average Bonchev–Trinajstić information content (AvgIpc) is 2.54. The summed E-state index contributed by atoms with van der Waals surface area (Å²) < 4.78 is 0. The first-order valence-electron chi connectivity index (χ1n) is 8.62. The van der Waals surface area contributed by atoms with Gasteiger partial charge in [-0.3, -0.25) is 9.59 Å². The van der Waals surface area contributed by atoms with Gasteiger partial charge < -0.3 is 10.2 Å². The summed E-state index contributed by atoms with van der Waals surface area (Å²) in [6.07, 6.45) is 2.98. The second-order valence-electron chi connectivity index (χ2n) is 5.93. The van der Waals surface area contributed by atoms with Gasteiger partial charge in [-0.2, -0.15) is 0 Å². The third-order valence-electron chi connectivity index (χ3n) is 4.37. The van der Waals surface area contributed by atoms with Crippen molar-refractivity contribution in [1.29, 1.82) is 0 Å². The summed E-state index contributed by atoms with van der Waals surface area (Å²) >= 11 is 0. The number of carbonyl (C=O) groups excluding carboxylic acids is 2. The Morgan fingerprint density at radius 2 is 1.70 bits per heavy atom. The second-order valence-corrected chi connectivity index (χ2v) is 5.93. The molecule has 0 radical (unpaired) electrons. The molecule has 0 saturated heterocycles. The molecular formula is C19H30N2O2. The molecule has 0 spiro atoms. The Kier molecular flexibility index (Phi) is 7.79. The van der Waals surface area contributed by atoms with Crippen molar-refractivity contribution in [3.63, 3.8) is 0 Å². The van der Waals surface area contributed by atoms with Crippen LogP contribution in [0.3, 0.4) is 0 Å². The summed E-state index contributed by atoms with van der Waals surface area (Å²) in [6.45, 7) is 10.3. The van der Waals surface area contributed by atoms with Gasteiger partial charge in [-0.05, 0) is 37.3 Å². The van der Waals surface area contributed by atoms with Gasteiger partial charge in [0, 0.05) is 31.6 Å². The average molecular weight is 318 g/mol. The van der Waals surface area contributed by atoms with Crippen molar-refractivity contribution >= 4 is 17.5 Å². The molecule has 0 bridgehead atoms. The summed E-state index contributed by atoms with van der Waals surface area (Å²) in [4.78, 5) is 25.8. The van der Waals surface area contributed by atoms with Crippen LogP contribution >= 0.6 is 0 Å². The number of nitrogens with one attached hydrogen (secondary N) is 1. The lowest BCUT2D eigenvalue weighted by atomic mass is 10.0. The predicted octanol–water partition coefficient (Wildman–Crippen LogP) is 3.79. The zero-order valence-corrected chi connectivity index (χ0v) is 15.1. The first kappa shape index (κ1) is 19.2. The van der Waals surface area contributed by atoms with E-state index < -0.39 is 0 Å². The second kappa shape index (κ2) is 9.33. The third-order valence-corrected chi connectivity index (χ3v) is 4.37. The standard InChI is InChI=1S/C19H30N2O2/c1-6-14(4)21(15(5)22)13-12-18(23)20-19-16(7-2)10-9-11-17(19)8-3/h9-11,14H,6-8,12-13H2,1-5H3,(H,20,23). The molecule has 0 aliphatic rings. The highest BCUT2D eigenvalue weighted by Crippen LogP contribution is 2.22. The van der Waals surface area contributed by atoms with E-state index in [9.17, 15) is 9.59 Å². The van der Waals surface area contributed by atoms with Crippen molar-refractivity contribution in [1.82, 2.24) is 4.90 Å². The van der Waals surface area contributed by atoms with Crippen LogP contribution in [0.15, 0.2) is 18.2 Å². The fourth-order valence-electron chi connectivity index (χ4n) is 2.74. The molecular weight excluding hydrogens is 288 g/mol. The maximum Gasteiger partial charge on any atom is 0.226 e. The normalized spacial score (nSPS) is 11.9. The number of nitrogens with zero attached hydrogens (tertiary/aromatic N) is 1. The van der Waals surface area contributed by atoms with Crippen LogP contribution in [0.5, 0.6) is 0 Å². The van der Waals surface area contributed by atoms with Gasteiger partial charge in [-0.25, -0.2) is 0 Å². The van der Waals surface area contributed by atoms with Gasteiger partial charge in [0.1, 0.15) is 0 Å². The van der Waals surface area contributed by atoms with Crippen molar-refractivity contribution in [3.05, 3.63) is 29.3 Å². The Bertz CT molecular complexity index is 518. The number of hydrogen-bond donors (Lipinski definition) is 1. The summed E-state index contributed by atoms with van der Waals surface area (Å²) in [5.74, 6) is -0.00879. The maximum absolute atomic E-state index is 12.3. The smallest absolute Gasteiger partial charge is 0.226 e. The molecule has 1 N–H and O–H groups in total. The van der Waals surface area contributed by atoms with Gasteiger partial charge in [0.15, 0.2) is 0 Å². The number of amides is 2. The topological polar surface area (TPSA) is 49.4 Å². The van der Waals surface area contributed by atoms with E-state index in [1.54, 1.807) is 11.8 Å². The molecule has 1 atom stereocenters. The molecule has 4 heteroatoms. The molecule has 1 aromatic rings. The quantitative estimate of drug-likeness (QED) is 0.793. The number of benzene rings is 1. The van der Waals surface area contributed by atoms with Crippen LogP contribution in [0.2, 0.25) is 0 Å². The van der Waals surface area contributed by atoms with Gasteiger partial charge in [0.05, 0.1) is 0 Å². The van der Waals surface area contributed by atoms with Crippen molar-refractivity contribution in [3.8, 4) is 0 Å². The molecule has 23 heavy (non-hydrogen) atoms. The van der Waals surface area contributed by atoms with Crippen molar-refractivity contribution in [2.45, 2.75) is 66.3 Å². The third kappa shape index (κ3) is 5.38. The van der Waals surface area contributed by atoms with Crippen LogP contribution in [0.4, 0.5) is 5.69 Å². The Labute approximate surface area is 140 Å². The fourth-order valence-corrected chi connectivity index (χ4v) is 2.74. The molecule has 4 nitrogen and oxygen atoms in total. The molecule has 2 amide bonds. The van der Waals surface area contributed by atoms with Crippen LogP contribution in [0, 0.1) is 0 Å². The van der Waals surface area contributed by atoms with Crippen LogP contribution in [0.25, 0.3) is 0 Å². The van der Waals surface area contributed by atoms with Gasteiger partial charge >= 0.3 is 0 Å². The van der Waals surface area contributed by atoms with Gasteiger partial charge in [0.25, 0.3) is 0 Å². The van der Waals surface area contributed by atoms with E-state index in [1.165, 1.54) is 0 Å². The fraction of sp³-hybridized carbons (Fsp3) is 0.579. The first-order chi connectivity index (χ1) is 10.9. The summed E-state index contributed by atoms with van der Waals surface area (Å²) in [5.41, 5.74) is 3.26. The Morgan fingerprint density at radius 1 is 1.13 bits per heavy atom. The zero-order valence-electron chi connectivity index (χ0n) is 15.1. The predicted molar refractivity (Wildman–Crippen MR) is 95.6 cm³/mol. The van der Waals surface area contributed by atoms with E-state index in [0.717, 1.165) is 36.1 Å². The number of aryl methyl sites for hydroxylation is 2. The Balaban J connectivity index is 2.75. The van der Waals surface area contributed by atoms with Crippen LogP contribution in [-0.2, 0) is 22.4 Å². The molecule has 0 aliphatic carbocycles. The van der Waals surface area contributed by atoms with E-state index in [1.807, 2.05) is 19.9 Å². The minimum absolute atomic E-state index is 0.0235. The lowest BCUT2D eigenvalue weighted by Crippen LogP contribution is -2.38. The summed E-state index contributed by atoms with van der Waals surface area (Å²) in [5, 5.41) is 3.06. The van der Waals surface area contributed by atoms with Gasteiger partial charge in [-0.15, -0.1) is 0 Å². The number of carbonyl (C=O) groups is 2. The van der Waals surface area contributed by atoms with Crippen molar-refractivity contribution < 1.29 is 9.59 Å². The molecule has 0 aliphatic heterocycles. The molecule has 1 unspecified atom stereocenters. The number of para-hydroxylation sites is 1. The minimum Gasteiger partial charge on any atom is -0.340 e. The largest absolute Gasteiger partial charge is 0.340 e. The zero-order chi connectivity index (χ0) is 17.4. The molecule has 0 saturated carbocycles. The highest BCUT2D eigenvalue weighted by Gasteiger charge is 2.17. The minimum atomic E-state index is -0.0323. The lowest BCUT2D eigenvalue weighted by Gasteiger charge is -2.27. The van der Waals surface area contributed by atoms with E-state index in [4.69, 9.17) is 0 Å². The highest BCUT2D eigenvalue weighted by atomic mass is 16.2. The van der Waals surface area contributed by atoms with E-state index in [0.29, 0.717) is 13.0 Å². The molecule has 1 rings (SSSR count). The lowest BCUT2D eigenvalue weighted by molar-refractivity contribution is -0.131. The van der Waals surface area contributed by atoms with Crippen molar-refractivity contribution in [2.75, 3.05) is 11.9 Å². The molecule has 1 aromatic carbocycles. The summed E-state index contributed by atoms with van der Waals surface area (Å²) in [6, 6.07) is 6.30. The number of hydrogen-bond acceptors (Lipinski definition) is 2. The van der Waals surface area contributed by atoms with Crippen LogP contribution < -0.4 is 5.32 Å². The highest BCUT2D eigenvalue weighted by molar-refractivity contribution is 5.92. The molecule has 0 heterocycles. The number of anilines is 1. The van der Waals surface area contributed by atoms with Crippen LogP contribution in [-0.4, -0.2) is 29.3 Å². The van der Waals surface area contributed by atoms with Gasteiger partial charge in [0.2, 0.25) is 11.8 Å². The monoisotopic (exact) mass is 318 g/mol. The first-order valence-corrected chi connectivity index (χ1v) is 8.62. The molecule has 0 fully saturated rings. The summed E-state index contributed by atoms with van der Waals surface area (Å²) in [7, 11) is 0. The van der Waals surface area contributed by atoms with Crippen molar-refractivity contribution in [2.24, 2.45) is 0 Å². The molecule has 0 aromatic heterocycles. The number of rotatable bonds is 8. The van der Waals surface area contributed by atoms with Gasteiger partial charge in [-0.1, -0.05) is 39.0 Å². The Hall–Kier alpha value is -1.84. The molecule has 128 valence electrons. The van der Waals surface area contributed by atoms with E-state index in [2.05, 4.69) is 31.3 Å². The SMILES string of the molecule is CCc1cccc(CC)c1NC(=O)CCN(C(C)=O)C(C)CC. The van der Waals surface area contributed by atoms with E-state index >= 15 is 0 Å². The van der Waals surface area contributed by atoms with Crippen LogP contribution in [0.1, 0.15) is 58.6 Å². The maximum atomic E-state index is 12.3. The van der Waals surface area contributed by atoms with E-state index in [-0.39, 0.29) is 17.9 Å². The Morgan fingerprint density at radius 3 is 2.13 bits per heavy atom.